The average molecular weight is 150 g/mol. The molecule has 11 heavy (non-hydrogen) atoms. The largest absolute Gasteiger partial charge is 0.295 e. The highest BCUT2D eigenvalue weighted by atomic mass is 16.1. The quantitative estimate of drug-likeness (QED) is 0.518. The lowest BCUT2D eigenvalue weighted by Gasteiger charge is -2.05. The van der Waals surface area contributed by atoms with Crippen LogP contribution in [0.3, 0.4) is 0 Å². The highest BCUT2D eigenvalue weighted by Gasteiger charge is 2.36. The highest BCUT2D eigenvalue weighted by molar-refractivity contribution is 5.98. The summed E-state index contributed by atoms with van der Waals surface area (Å²) in [5, 5.41) is 0. The number of fused-ring (bicyclic) bond motifs is 1. The number of hydrogen-bond acceptors (Lipinski definition) is 1. The standard InChI is InChI=1S/C10H14O/c1-6-3-4-8-5-9(11)7(2)10(6)8/h6,8H,3-5H2,1-2H3/t6-,8+/m1/s1. The molecule has 1 saturated carbocycles. The van der Waals surface area contributed by atoms with Gasteiger partial charge in [0.2, 0.25) is 0 Å². The molecule has 60 valence electrons. The summed E-state index contributed by atoms with van der Waals surface area (Å²) in [5.74, 6) is 1.72. The Bertz CT molecular complexity index is 237. The van der Waals surface area contributed by atoms with Gasteiger partial charge in [0.25, 0.3) is 0 Å². The average Bonchev–Trinajstić information content (AvgIpc) is 2.41. The minimum absolute atomic E-state index is 0.400. The third kappa shape index (κ3) is 0.867. The lowest BCUT2D eigenvalue weighted by molar-refractivity contribution is -0.115. The maximum atomic E-state index is 11.3. The first-order valence-corrected chi connectivity index (χ1v) is 4.44. The second kappa shape index (κ2) is 2.20. The van der Waals surface area contributed by atoms with Gasteiger partial charge in [-0.05, 0) is 37.2 Å². The molecule has 1 heteroatoms. The number of Topliss-reactive ketones (excluding diaryl/α,β-unsaturated/α-hetero) is 1. The van der Waals surface area contributed by atoms with E-state index in [1.54, 1.807) is 0 Å². The van der Waals surface area contributed by atoms with Gasteiger partial charge >= 0.3 is 0 Å². The third-order valence-corrected chi connectivity index (χ3v) is 3.20. The van der Waals surface area contributed by atoms with Crippen LogP contribution in [-0.2, 0) is 4.79 Å². The second-order valence-corrected chi connectivity index (χ2v) is 3.88. The SMILES string of the molecule is CC1=C2[C@@H](CC[C@H]2C)CC1=O. The van der Waals surface area contributed by atoms with Gasteiger partial charge in [0.1, 0.15) is 0 Å². The van der Waals surface area contributed by atoms with Gasteiger partial charge < -0.3 is 0 Å². The summed E-state index contributed by atoms with van der Waals surface area (Å²) < 4.78 is 0. The first-order valence-electron chi connectivity index (χ1n) is 4.44. The molecule has 0 heterocycles. The number of carbonyl (C=O) groups is 1. The molecule has 0 radical (unpaired) electrons. The van der Waals surface area contributed by atoms with Crippen molar-refractivity contribution < 1.29 is 4.79 Å². The van der Waals surface area contributed by atoms with Crippen molar-refractivity contribution in [2.45, 2.75) is 33.1 Å². The third-order valence-electron chi connectivity index (χ3n) is 3.20. The number of allylic oxidation sites excluding steroid dienone is 2. The molecule has 0 aromatic heterocycles. The Morgan fingerprint density at radius 3 is 2.73 bits per heavy atom. The fraction of sp³-hybridized carbons (Fsp3) is 0.700. The molecule has 1 nitrogen and oxygen atoms in total. The zero-order valence-corrected chi connectivity index (χ0v) is 7.18. The van der Waals surface area contributed by atoms with Crippen molar-refractivity contribution in [1.82, 2.24) is 0 Å². The molecule has 0 unspecified atom stereocenters. The molecule has 0 N–H and O–H groups in total. The molecule has 0 aromatic carbocycles. The van der Waals surface area contributed by atoms with Crippen molar-refractivity contribution >= 4 is 5.78 Å². The van der Waals surface area contributed by atoms with Crippen molar-refractivity contribution in [2.24, 2.45) is 11.8 Å². The first-order chi connectivity index (χ1) is 5.20. The van der Waals surface area contributed by atoms with E-state index in [4.69, 9.17) is 0 Å². The van der Waals surface area contributed by atoms with Crippen LogP contribution in [0.4, 0.5) is 0 Å². The van der Waals surface area contributed by atoms with Crippen LogP contribution in [0.2, 0.25) is 0 Å². The van der Waals surface area contributed by atoms with E-state index in [9.17, 15) is 4.79 Å². The predicted molar refractivity (Wildman–Crippen MR) is 44.2 cm³/mol. The van der Waals surface area contributed by atoms with Gasteiger partial charge in [-0.25, -0.2) is 0 Å². The van der Waals surface area contributed by atoms with E-state index in [0.29, 0.717) is 17.6 Å². The molecule has 2 aliphatic rings. The van der Waals surface area contributed by atoms with E-state index in [1.165, 1.54) is 18.4 Å². The Morgan fingerprint density at radius 2 is 2.09 bits per heavy atom. The van der Waals surface area contributed by atoms with Gasteiger partial charge in [0.05, 0.1) is 0 Å². The minimum Gasteiger partial charge on any atom is -0.295 e. The minimum atomic E-state index is 0.400. The molecule has 0 bridgehead atoms. The molecule has 0 aliphatic heterocycles. The lowest BCUT2D eigenvalue weighted by atomic mass is 10.00. The summed E-state index contributed by atoms with van der Waals surface area (Å²) >= 11 is 0. The van der Waals surface area contributed by atoms with Crippen molar-refractivity contribution in [3.05, 3.63) is 11.1 Å². The van der Waals surface area contributed by atoms with E-state index in [1.807, 2.05) is 6.92 Å². The molecule has 2 atom stereocenters. The molecule has 2 aliphatic carbocycles. The fourth-order valence-corrected chi connectivity index (χ4v) is 2.59. The van der Waals surface area contributed by atoms with Gasteiger partial charge in [-0.15, -0.1) is 0 Å². The summed E-state index contributed by atoms with van der Waals surface area (Å²) in [6.07, 6.45) is 3.36. The van der Waals surface area contributed by atoms with Crippen LogP contribution in [0.25, 0.3) is 0 Å². The van der Waals surface area contributed by atoms with Crippen LogP contribution < -0.4 is 0 Å². The van der Waals surface area contributed by atoms with Crippen LogP contribution in [0.15, 0.2) is 11.1 Å². The maximum Gasteiger partial charge on any atom is 0.159 e. The molecule has 0 aromatic rings. The van der Waals surface area contributed by atoms with Crippen molar-refractivity contribution in [1.29, 1.82) is 0 Å². The zero-order chi connectivity index (χ0) is 8.01. The summed E-state index contributed by atoms with van der Waals surface area (Å²) in [7, 11) is 0. The molecular formula is C10H14O. The predicted octanol–water partition coefficient (Wildman–Crippen LogP) is 2.32. The number of carbonyl (C=O) groups excluding carboxylic acids is 1. The van der Waals surface area contributed by atoms with Crippen molar-refractivity contribution in [3.8, 4) is 0 Å². The molecule has 0 amide bonds. The molecule has 0 saturated heterocycles. The Morgan fingerprint density at radius 1 is 1.36 bits per heavy atom. The van der Waals surface area contributed by atoms with E-state index in [2.05, 4.69) is 6.92 Å². The molecule has 2 rings (SSSR count). The van der Waals surface area contributed by atoms with Gasteiger partial charge in [0, 0.05) is 6.42 Å². The van der Waals surface area contributed by atoms with Gasteiger partial charge in [-0.1, -0.05) is 12.5 Å². The topological polar surface area (TPSA) is 17.1 Å². The Labute approximate surface area is 67.5 Å². The molecule has 0 spiro atoms. The van der Waals surface area contributed by atoms with Crippen molar-refractivity contribution in [2.75, 3.05) is 0 Å². The van der Waals surface area contributed by atoms with Crippen molar-refractivity contribution in [3.63, 3.8) is 0 Å². The van der Waals surface area contributed by atoms with E-state index >= 15 is 0 Å². The highest BCUT2D eigenvalue weighted by Crippen LogP contribution is 2.44. The van der Waals surface area contributed by atoms with Crippen LogP contribution >= 0.6 is 0 Å². The van der Waals surface area contributed by atoms with Gasteiger partial charge in [-0.3, -0.25) is 4.79 Å². The summed E-state index contributed by atoms with van der Waals surface area (Å²) in [6, 6.07) is 0. The molecular weight excluding hydrogens is 136 g/mol. The normalized spacial score (nSPS) is 36.7. The van der Waals surface area contributed by atoms with Gasteiger partial charge in [-0.2, -0.15) is 0 Å². The van der Waals surface area contributed by atoms with E-state index in [-0.39, 0.29) is 0 Å². The van der Waals surface area contributed by atoms with Crippen LogP contribution in [0, 0.1) is 11.8 Å². The summed E-state index contributed by atoms with van der Waals surface area (Å²) in [6.45, 7) is 4.25. The Hall–Kier alpha value is -0.590. The zero-order valence-electron chi connectivity index (χ0n) is 7.18. The Kier molecular flexibility index (Phi) is 1.41. The number of rotatable bonds is 0. The fourth-order valence-electron chi connectivity index (χ4n) is 2.59. The van der Waals surface area contributed by atoms with Gasteiger partial charge in [0.15, 0.2) is 5.78 Å². The van der Waals surface area contributed by atoms with Crippen LogP contribution in [0.1, 0.15) is 33.1 Å². The summed E-state index contributed by atoms with van der Waals surface area (Å²) in [4.78, 5) is 11.3. The molecule has 1 fully saturated rings. The number of hydrogen-bond donors (Lipinski definition) is 0. The second-order valence-electron chi connectivity index (χ2n) is 3.88. The first kappa shape index (κ1) is 7.08. The monoisotopic (exact) mass is 150 g/mol. The smallest absolute Gasteiger partial charge is 0.159 e. The maximum absolute atomic E-state index is 11.3. The van der Waals surface area contributed by atoms with E-state index < -0.39 is 0 Å². The lowest BCUT2D eigenvalue weighted by Crippen LogP contribution is -1.95. The van der Waals surface area contributed by atoms with Crippen LogP contribution in [0.5, 0.6) is 0 Å². The Balaban J connectivity index is 2.40. The summed E-state index contributed by atoms with van der Waals surface area (Å²) in [5.41, 5.74) is 2.56. The van der Waals surface area contributed by atoms with E-state index in [0.717, 1.165) is 12.0 Å². The van der Waals surface area contributed by atoms with Crippen LogP contribution in [-0.4, -0.2) is 5.78 Å². The number of ketones is 1.